The van der Waals surface area contributed by atoms with Crippen molar-refractivity contribution in [2.75, 3.05) is 6.26 Å². The number of aromatic nitrogens is 5. The molecule has 0 radical (unpaired) electrons. The van der Waals surface area contributed by atoms with Crippen LogP contribution in [-0.4, -0.2) is 37.0 Å². The molecule has 2 heterocycles. The van der Waals surface area contributed by atoms with Gasteiger partial charge in [0.15, 0.2) is 5.82 Å². The number of alkyl halides is 2. The third kappa shape index (κ3) is 2.25. The fourth-order valence-corrected chi connectivity index (χ4v) is 3.18. The highest BCUT2D eigenvalue weighted by Crippen LogP contribution is 2.44. The largest absolute Gasteiger partial charge is 0.248 e. The van der Waals surface area contributed by atoms with Crippen molar-refractivity contribution < 1.29 is 8.78 Å². The number of rotatable bonds is 2. The van der Waals surface area contributed by atoms with Gasteiger partial charge in [0.2, 0.25) is 11.6 Å². The van der Waals surface area contributed by atoms with E-state index < -0.39 is 5.92 Å². The highest BCUT2D eigenvalue weighted by atomic mass is 32.2. The van der Waals surface area contributed by atoms with Gasteiger partial charge in [-0.25, -0.2) is 13.8 Å². The molecular formula is C12H15F2N5S. The maximum absolute atomic E-state index is 13.7. The van der Waals surface area contributed by atoms with Crippen LogP contribution in [0, 0.1) is 5.92 Å². The van der Waals surface area contributed by atoms with E-state index in [0.717, 1.165) is 0 Å². The van der Waals surface area contributed by atoms with Crippen LogP contribution in [0.1, 0.15) is 37.9 Å². The molecule has 0 aromatic carbocycles. The first-order valence-electron chi connectivity index (χ1n) is 6.50. The molecule has 0 amide bonds. The summed E-state index contributed by atoms with van der Waals surface area (Å²) in [4.78, 5) is 4.11. The predicted molar refractivity (Wildman–Crippen MR) is 71.1 cm³/mol. The van der Waals surface area contributed by atoms with Crippen molar-refractivity contribution in [3.8, 4) is 0 Å². The van der Waals surface area contributed by atoms with Crippen LogP contribution in [0.5, 0.6) is 0 Å². The van der Waals surface area contributed by atoms with E-state index in [1.54, 1.807) is 4.52 Å². The van der Waals surface area contributed by atoms with E-state index in [4.69, 9.17) is 0 Å². The third-order valence-corrected chi connectivity index (χ3v) is 4.57. The second-order valence-corrected chi connectivity index (χ2v) is 6.04. The van der Waals surface area contributed by atoms with Gasteiger partial charge in [-0.3, -0.25) is 0 Å². The van der Waals surface area contributed by atoms with Crippen LogP contribution in [0.2, 0.25) is 0 Å². The minimum absolute atomic E-state index is 0.0492. The molecule has 2 unspecified atom stereocenters. The van der Waals surface area contributed by atoms with Crippen molar-refractivity contribution in [2.45, 2.75) is 43.1 Å². The molecular weight excluding hydrogens is 284 g/mol. The molecule has 0 spiro atoms. The second kappa shape index (κ2) is 4.91. The molecule has 0 aliphatic heterocycles. The van der Waals surface area contributed by atoms with Crippen molar-refractivity contribution in [1.82, 2.24) is 24.8 Å². The molecule has 20 heavy (non-hydrogen) atoms. The van der Waals surface area contributed by atoms with Gasteiger partial charge in [-0.05, 0) is 18.6 Å². The molecule has 1 aliphatic carbocycles. The lowest BCUT2D eigenvalue weighted by Crippen LogP contribution is -2.31. The molecule has 0 bridgehead atoms. The summed E-state index contributed by atoms with van der Waals surface area (Å²) in [5.74, 6) is -2.28. The van der Waals surface area contributed by atoms with Crippen molar-refractivity contribution in [3.63, 3.8) is 0 Å². The van der Waals surface area contributed by atoms with Gasteiger partial charge in [0.05, 0.1) is 0 Å². The summed E-state index contributed by atoms with van der Waals surface area (Å²) in [6.45, 7) is 1.98. The number of fused-ring (bicyclic) bond motifs is 1. The lowest BCUT2D eigenvalue weighted by molar-refractivity contribution is -0.0539. The predicted octanol–water partition coefficient (Wildman–Crippen LogP) is 2.78. The molecule has 0 saturated heterocycles. The Morgan fingerprint density at radius 2 is 2.20 bits per heavy atom. The fourth-order valence-electron chi connectivity index (χ4n) is 2.71. The molecule has 2 aromatic heterocycles. The Labute approximate surface area is 119 Å². The normalized spacial score (nSPS) is 26.0. The average Bonchev–Trinajstić information content (AvgIpc) is 2.85. The number of nitrogens with zero attached hydrogens (tertiary/aromatic N) is 5. The first kappa shape index (κ1) is 13.7. The smallest absolute Gasteiger partial charge is 0.224 e. The maximum Gasteiger partial charge on any atom is 0.248 e. The summed E-state index contributed by atoms with van der Waals surface area (Å²) in [5.41, 5.74) is 0.538. The zero-order valence-corrected chi connectivity index (χ0v) is 12.1. The van der Waals surface area contributed by atoms with Crippen LogP contribution in [0.15, 0.2) is 11.4 Å². The van der Waals surface area contributed by atoms with E-state index in [1.165, 1.54) is 18.1 Å². The van der Waals surface area contributed by atoms with Gasteiger partial charge in [-0.1, -0.05) is 6.92 Å². The molecule has 2 aromatic rings. The summed E-state index contributed by atoms with van der Waals surface area (Å²) >= 11 is 1.44. The summed E-state index contributed by atoms with van der Waals surface area (Å²) in [6.07, 6.45) is 3.55. The summed E-state index contributed by atoms with van der Waals surface area (Å²) in [7, 11) is 0. The molecule has 1 saturated carbocycles. The SMILES string of the molecule is CSc1ncnn2c(C3CC(F)(F)CCC3C)nnc12. The van der Waals surface area contributed by atoms with Gasteiger partial charge >= 0.3 is 0 Å². The van der Waals surface area contributed by atoms with Gasteiger partial charge in [0.1, 0.15) is 11.4 Å². The fraction of sp³-hybridized carbons (Fsp3) is 0.667. The van der Waals surface area contributed by atoms with Gasteiger partial charge in [-0.2, -0.15) is 9.61 Å². The first-order valence-corrected chi connectivity index (χ1v) is 7.72. The number of hydrogen-bond donors (Lipinski definition) is 0. The standard InChI is InChI=1S/C12H15F2N5S/c1-7-3-4-12(13,14)5-8(7)9-17-18-10-11(20-2)15-6-16-19(9)10/h6-8H,3-5H2,1-2H3. The van der Waals surface area contributed by atoms with Crippen LogP contribution in [0.4, 0.5) is 8.78 Å². The number of hydrogen-bond acceptors (Lipinski definition) is 5. The zero-order chi connectivity index (χ0) is 14.3. The Morgan fingerprint density at radius 1 is 1.40 bits per heavy atom. The average molecular weight is 299 g/mol. The Kier molecular flexibility index (Phi) is 3.35. The van der Waals surface area contributed by atoms with E-state index in [0.29, 0.717) is 22.9 Å². The highest BCUT2D eigenvalue weighted by molar-refractivity contribution is 7.98. The molecule has 1 aliphatic rings. The Balaban J connectivity index is 2.05. The summed E-state index contributed by atoms with van der Waals surface area (Å²) in [6, 6.07) is 0. The highest BCUT2D eigenvalue weighted by Gasteiger charge is 2.42. The van der Waals surface area contributed by atoms with Crippen molar-refractivity contribution in [1.29, 1.82) is 0 Å². The quantitative estimate of drug-likeness (QED) is 0.798. The Morgan fingerprint density at radius 3 is 2.95 bits per heavy atom. The van der Waals surface area contributed by atoms with Crippen molar-refractivity contribution in [2.24, 2.45) is 5.92 Å². The van der Waals surface area contributed by atoms with E-state index in [9.17, 15) is 8.78 Å². The number of thioether (sulfide) groups is 1. The minimum atomic E-state index is -2.63. The van der Waals surface area contributed by atoms with E-state index in [2.05, 4.69) is 20.3 Å². The topological polar surface area (TPSA) is 56.0 Å². The van der Waals surface area contributed by atoms with Crippen LogP contribution in [0.25, 0.3) is 5.65 Å². The monoisotopic (exact) mass is 299 g/mol. The van der Waals surface area contributed by atoms with Gasteiger partial charge in [0.25, 0.3) is 0 Å². The van der Waals surface area contributed by atoms with Crippen LogP contribution < -0.4 is 0 Å². The van der Waals surface area contributed by atoms with Crippen molar-refractivity contribution in [3.05, 3.63) is 12.2 Å². The van der Waals surface area contributed by atoms with Crippen LogP contribution in [-0.2, 0) is 0 Å². The molecule has 0 N–H and O–H groups in total. The van der Waals surface area contributed by atoms with Crippen LogP contribution in [0.3, 0.4) is 0 Å². The Bertz CT molecular complexity index is 629. The molecule has 5 nitrogen and oxygen atoms in total. The molecule has 108 valence electrons. The minimum Gasteiger partial charge on any atom is -0.224 e. The second-order valence-electron chi connectivity index (χ2n) is 5.25. The Hall–Kier alpha value is -1.31. The van der Waals surface area contributed by atoms with Gasteiger partial charge in [-0.15, -0.1) is 22.0 Å². The van der Waals surface area contributed by atoms with E-state index in [-0.39, 0.29) is 24.7 Å². The van der Waals surface area contributed by atoms with Gasteiger partial charge < -0.3 is 0 Å². The van der Waals surface area contributed by atoms with Gasteiger partial charge in [0, 0.05) is 18.8 Å². The molecule has 1 fully saturated rings. The van der Waals surface area contributed by atoms with E-state index in [1.807, 2.05) is 13.2 Å². The maximum atomic E-state index is 13.7. The van der Waals surface area contributed by atoms with Crippen LogP contribution >= 0.6 is 11.8 Å². The summed E-state index contributed by atoms with van der Waals surface area (Å²) in [5, 5.41) is 13.0. The number of halogens is 2. The first-order chi connectivity index (χ1) is 9.52. The zero-order valence-electron chi connectivity index (χ0n) is 11.3. The lowest BCUT2D eigenvalue weighted by Gasteiger charge is -2.32. The molecule has 2 atom stereocenters. The van der Waals surface area contributed by atoms with Crippen molar-refractivity contribution >= 4 is 17.4 Å². The van der Waals surface area contributed by atoms with E-state index >= 15 is 0 Å². The summed E-state index contributed by atoms with van der Waals surface area (Å²) < 4.78 is 28.9. The molecule has 3 rings (SSSR count). The molecule has 8 heteroatoms. The third-order valence-electron chi connectivity index (χ3n) is 3.89. The lowest BCUT2D eigenvalue weighted by atomic mass is 9.78.